The maximum atomic E-state index is 13.5. The molecule has 1 aliphatic heterocycles. The standard InChI is InChI=1S/C17H19FN4O2/c1-12-11-16-21(9-4-10-22(16)20-12)17(24)8-7-15(23)19-14-6-3-2-5-13(14)18/h2-3,5-6,11H,4,7-10H2,1H3,(H,19,23). The van der Waals surface area contributed by atoms with Gasteiger partial charge in [0.1, 0.15) is 11.6 Å². The van der Waals surface area contributed by atoms with E-state index in [1.807, 2.05) is 17.7 Å². The molecule has 0 spiro atoms. The molecule has 1 aromatic heterocycles. The van der Waals surface area contributed by atoms with Crippen molar-refractivity contribution in [3.63, 3.8) is 0 Å². The average Bonchev–Trinajstić information content (AvgIpc) is 2.94. The second-order valence-corrected chi connectivity index (χ2v) is 5.79. The molecular formula is C17H19FN4O2. The summed E-state index contributed by atoms with van der Waals surface area (Å²) in [6, 6.07) is 7.83. The Morgan fingerprint density at radius 1 is 1.25 bits per heavy atom. The lowest BCUT2D eigenvalue weighted by Gasteiger charge is -2.27. The molecule has 0 saturated carbocycles. The van der Waals surface area contributed by atoms with E-state index in [0.717, 1.165) is 24.5 Å². The molecule has 0 atom stereocenters. The van der Waals surface area contributed by atoms with Crippen LogP contribution in [0.25, 0.3) is 0 Å². The molecule has 0 unspecified atom stereocenters. The number of halogens is 1. The first-order valence-corrected chi connectivity index (χ1v) is 7.94. The van der Waals surface area contributed by atoms with Gasteiger partial charge >= 0.3 is 0 Å². The van der Waals surface area contributed by atoms with Crippen LogP contribution < -0.4 is 10.2 Å². The molecule has 0 fully saturated rings. The van der Waals surface area contributed by atoms with Gasteiger partial charge in [-0.05, 0) is 25.5 Å². The van der Waals surface area contributed by atoms with Gasteiger partial charge in [0.05, 0.1) is 11.4 Å². The molecule has 2 aromatic rings. The van der Waals surface area contributed by atoms with Crippen molar-refractivity contribution in [2.75, 3.05) is 16.8 Å². The van der Waals surface area contributed by atoms with Crippen molar-refractivity contribution < 1.29 is 14.0 Å². The summed E-state index contributed by atoms with van der Waals surface area (Å²) in [7, 11) is 0. The van der Waals surface area contributed by atoms with Crippen molar-refractivity contribution >= 4 is 23.3 Å². The van der Waals surface area contributed by atoms with E-state index >= 15 is 0 Å². The Labute approximate surface area is 139 Å². The van der Waals surface area contributed by atoms with Crippen LogP contribution in [0.5, 0.6) is 0 Å². The van der Waals surface area contributed by atoms with Gasteiger partial charge in [-0.15, -0.1) is 0 Å². The van der Waals surface area contributed by atoms with E-state index in [0.29, 0.717) is 6.54 Å². The lowest BCUT2D eigenvalue weighted by Crippen LogP contribution is -2.37. The Balaban J connectivity index is 1.58. The summed E-state index contributed by atoms with van der Waals surface area (Å²) in [5.41, 5.74) is 0.989. The molecule has 0 saturated heterocycles. The van der Waals surface area contributed by atoms with Crippen LogP contribution in [0.15, 0.2) is 30.3 Å². The zero-order chi connectivity index (χ0) is 17.1. The predicted molar refractivity (Wildman–Crippen MR) is 88.2 cm³/mol. The predicted octanol–water partition coefficient (Wildman–Crippen LogP) is 2.49. The molecule has 2 heterocycles. The van der Waals surface area contributed by atoms with Crippen LogP contribution in [0.3, 0.4) is 0 Å². The van der Waals surface area contributed by atoms with Gasteiger partial charge < -0.3 is 5.32 Å². The number of rotatable bonds is 4. The van der Waals surface area contributed by atoms with Crippen LogP contribution >= 0.6 is 0 Å². The number of hydrogen-bond acceptors (Lipinski definition) is 3. The number of aryl methyl sites for hydroxylation is 2. The molecule has 2 amide bonds. The number of fused-ring (bicyclic) bond motifs is 1. The summed E-state index contributed by atoms with van der Waals surface area (Å²) in [6.45, 7) is 3.30. The molecule has 0 radical (unpaired) electrons. The highest BCUT2D eigenvalue weighted by Gasteiger charge is 2.24. The van der Waals surface area contributed by atoms with Gasteiger partial charge in [-0.25, -0.2) is 9.07 Å². The normalized spacial score (nSPS) is 13.5. The second kappa shape index (κ2) is 6.82. The fourth-order valence-corrected chi connectivity index (χ4v) is 2.79. The van der Waals surface area contributed by atoms with Crippen LogP contribution in [0.2, 0.25) is 0 Å². The highest BCUT2D eigenvalue weighted by molar-refractivity contribution is 5.97. The molecule has 1 aromatic carbocycles. The van der Waals surface area contributed by atoms with Gasteiger partial charge in [0.15, 0.2) is 0 Å². The van der Waals surface area contributed by atoms with E-state index in [1.54, 1.807) is 17.0 Å². The SMILES string of the molecule is Cc1cc2n(n1)CCCN2C(=O)CCC(=O)Nc1ccccc1F. The number of benzene rings is 1. The maximum Gasteiger partial charge on any atom is 0.228 e. The van der Waals surface area contributed by atoms with E-state index in [2.05, 4.69) is 10.4 Å². The lowest BCUT2D eigenvalue weighted by atomic mass is 10.2. The quantitative estimate of drug-likeness (QED) is 0.936. The number of amides is 2. The third-order valence-electron chi connectivity index (χ3n) is 3.92. The summed E-state index contributed by atoms with van der Waals surface area (Å²) in [6.07, 6.45) is 0.919. The highest BCUT2D eigenvalue weighted by Crippen LogP contribution is 2.22. The van der Waals surface area contributed by atoms with Crippen LogP contribution in [-0.4, -0.2) is 28.1 Å². The van der Waals surface area contributed by atoms with Gasteiger partial charge in [0.2, 0.25) is 11.8 Å². The Hall–Kier alpha value is -2.70. The summed E-state index contributed by atoms with van der Waals surface area (Å²) < 4.78 is 15.3. The van der Waals surface area contributed by atoms with E-state index in [9.17, 15) is 14.0 Å². The first-order chi connectivity index (χ1) is 11.5. The largest absolute Gasteiger partial charge is 0.324 e. The van der Waals surface area contributed by atoms with Gasteiger partial charge in [0, 0.05) is 32.0 Å². The first kappa shape index (κ1) is 16.2. The molecule has 24 heavy (non-hydrogen) atoms. The molecule has 1 N–H and O–H groups in total. The molecule has 7 heteroatoms. The fraction of sp³-hybridized carbons (Fsp3) is 0.353. The molecule has 126 valence electrons. The minimum atomic E-state index is -0.493. The third kappa shape index (κ3) is 3.45. The number of nitrogens with zero attached hydrogens (tertiary/aromatic N) is 3. The number of nitrogens with one attached hydrogen (secondary N) is 1. The number of aromatic nitrogens is 2. The van der Waals surface area contributed by atoms with E-state index < -0.39 is 5.82 Å². The smallest absolute Gasteiger partial charge is 0.228 e. The zero-order valence-corrected chi connectivity index (χ0v) is 13.5. The molecule has 0 aliphatic carbocycles. The fourth-order valence-electron chi connectivity index (χ4n) is 2.79. The zero-order valence-electron chi connectivity index (χ0n) is 13.5. The van der Waals surface area contributed by atoms with Crippen LogP contribution in [0.1, 0.15) is 25.0 Å². The number of carbonyl (C=O) groups is 2. The van der Waals surface area contributed by atoms with Crippen molar-refractivity contribution in [3.8, 4) is 0 Å². The second-order valence-electron chi connectivity index (χ2n) is 5.79. The number of carbonyl (C=O) groups excluding carboxylic acids is 2. The first-order valence-electron chi connectivity index (χ1n) is 7.94. The molecule has 1 aliphatic rings. The molecule has 3 rings (SSSR count). The van der Waals surface area contributed by atoms with Crippen molar-refractivity contribution in [1.29, 1.82) is 0 Å². The Morgan fingerprint density at radius 3 is 2.83 bits per heavy atom. The van der Waals surface area contributed by atoms with Crippen LogP contribution in [0, 0.1) is 12.7 Å². The topological polar surface area (TPSA) is 67.2 Å². The summed E-state index contributed by atoms with van der Waals surface area (Å²) in [5.74, 6) is -0.222. The van der Waals surface area contributed by atoms with Crippen LogP contribution in [-0.2, 0) is 16.1 Å². The van der Waals surface area contributed by atoms with E-state index in [-0.39, 0.29) is 30.3 Å². The van der Waals surface area contributed by atoms with E-state index in [1.165, 1.54) is 12.1 Å². The van der Waals surface area contributed by atoms with Gasteiger partial charge in [0.25, 0.3) is 0 Å². The van der Waals surface area contributed by atoms with E-state index in [4.69, 9.17) is 0 Å². The van der Waals surface area contributed by atoms with Crippen molar-refractivity contribution in [2.24, 2.45) is 0 Å². The van der Waals surface area contributed by atoms with Gasteiger partial charge in [-0.2, -0.15) is 5.10 Å². The maximum absolute atomic E-state index is 13.5. The highest BCUT2D eigenvalue weighted by atomic mass is 19.1. The minimum absolute atomic E-state index is 0.0107. The molecule has 6 nitrogen and oxygen atoms in total. The number of anilines is 2. The van der Waals surface area contributed by atoms with Crippen LogP contribution in [0.4, 0.5) is 15.9 Å². The minimum Gasteiger partial charge on any atom is -0.324 e. The van der Waals surface area contributed by atoms with Gasteiger partial charge in [-0.3, -0.25) is 14.5 Å². The Kier molecular flexibility index (Phi) is 4.59. The number of para-hydroxylation sites is 1. The van der Waals surface area contributed by atoms with Crippen molar-refractivity contribution in [2.45, 2.75) is 32.7 Å². The summed E-state index contributed by atoms with van der Waals surface area (Å²) >= 11 is 0. The summed E-state index contributed by atoms with van der Waals surface area (Å²) in [4.78, 5) is 26.0. The van der Waals surface area contributed by atoms with Gasteiger partial charge in [-0.1, -0.05) is 12.1 Å². The Bertz CT molecular complexity index is 772. The molecule has 0 bridgehead atoms. The lowest BCUT2D eigenvalue weighted by molar-refractivity contribution is -0.122. The third-order valence-corrected chi connectivity index (χ3v) is 3.92. The summed E-state index contributed by atoms with van der Waals surface area (Å²) in [5, 5.41) is 6.84. The Morgan fingerprint density at radius 2 is 2.04 bits per heavy atom. The molecular weight excluding hydrogens is 311 g/mol. The van der Waals surface area contributed by atoms with Crippen molar-refractivity contribution in [3.05, 3.63) is 41.8 Å². The average molecular weight is 330 g/mol. The monoisotopic (exact) mass is 330 g/mol. The van der Waals surface area contributed by atoms with Crippen molar-refractivity contribution in [1.82, 2.24) is 9.78 Å². The number of hydrogen-bond donors (Lipinski definition) is 1.